The molecule has 3 aliphatic rings. The first kappa shape index (κ1) is 20.4. The molecule has 150 valence electrons. The fourth-order valence-corrected chi connectivity index (χ4v) is 3.28. The Labute approximate surface area is 175 Å². The number of rotatable bonds is 3. The Kier molecular flexibility index (Phi) is 7.01. The van der Waals surface area contributed by atoms with E-state index in [1.54, 1.807) is 0 Å². The first-order chi connectivity index (χ1) is 12.7. The number of benzene rings is 1. The molecule has 0 aromatic heterocycles. The Bertz CT molecular complexity index is 666. The van der Waals surface area contributed by atoms with E-state index in [1.165, 1.54) is 0 Å². The molecule has 0 radical (unpaired) electrons. The second-order valence-corrected chi connectivity index (χ2v) is 6.64. The molecule has 0 aliphatic carbocycles. The Morgan fingerprint density at radius 3 is 2.74 bits per heavy atom. The van der Waals surface area contributed by atoms with Gasteiger partial charge in [-0.25, -0.2) is 0 Å². The molecular weight excluding hydrogens is 465 g/mol. The summed E-state index contributed by atoms with van der Waals surface area (Å²) in [5, 5.41) is 3.08. The second-order valence-electron chi connectivity index (χ2n) is 6.64. The minimum atomic E-state index is -0.491. The summed E-state index contributed by atoms with van der Waals surface area (Å²) in [6.07, 6.45) is 2.31. The molecule has 3 aliphatic heterocycles. The first-order valence-electron chi connectivity index (χ1n) is 9.09. The third-order valence-corrected chi connectivity index (χ3v) is 4.65. The maximum Gasteiger partial charge on any atom is 0.193 e. The van der Waals surface area contributed by atoms with Crippen LogP contribution < -0.4 is 20.5 Å². The van der Waals surface area contributed by atoms with Gasteiger partial charge in [0.1, 0.15) is 6.10 Å². The smallest absolute Gasteiger partial charge is 0.193 e. The summed E-state index contributed by atoms with van der Waals surface area (Å²) in [6, 6.07) is 5.64. The van der Waals surface area contributed by atoms with Crippen LogP contribution in [0.2, 0.25) is 0 Å². The Balaban J connectivity index is 0.00000210. The molecule has 8 nitrogen and oxygen atoms in total. The van der Waals surface area contributed by atoms with E-state index in [2.05, 4.69) is 10.3 Å². The van der Waals surface area contributed by atoms with Gasteiger partial charge in [-0.05, 0) is 12.1 Å². The van der Waals surface area contributed by atoms with E-state index in [-0.39, 0.29) is 30.1 Å². The van der Waals surface area contributed by atoms with Crippen molar-refractivity contribution in [1.82, 2.24) is 0 Å². The SMILES string of the molecule is I.NC(=NCC1COC2(CCOCC2)O1)Nc1ccc2c(c1)OCCCO2. The zero-order chi connectivity index (χ0) is 17.8. The number of nitrogens with two attached hydrogens (primary N) is 1. The van der Waals surface area contributed by atoms with Gasteiger partial charge in [-0.15, -0.1) is 24.0 Å². The molecular formula is C18H26IN3O5. The molecule has 27 heavy (non-hydrogen) atoms. The predicted molar refractivity (Wildman–Crippen MR) is 111 cm³/mol. The molecule has 2 fully saturated rings. The molecule has 0 amide bonds. The quantitative estimate of drug-likeness (QED) is 0.380. The molecule has 1 aromatic carbocycles. The summed E-state index contributed by atoms with van der Waals surface area (Å²) in [6.45, 7) is 3.63. The average molecular weight is 491 g/mol. The lowest BCUT2D eigenvalue weighted by Gasteiger charge is -2.31. The summed E-state index contributed by atoms with van der Waals surface area (Å²) in [7, 11) is 0. The molecule has 3 N–H and O–H groups in total. The number of guanidine groups is 1. The van der Waals surface area contributed by atoms with Crippen molar-refractivity contribution in [1.29, 1.82) is 0 Å². The molecule has 3 heterocycles. The van der Waals surface area contributed by atoms with Crippen LogP contribution in [0, 0.1) is 0 Å². The van der Waals surface area contributed by atoms with Crippen molar-refractivity contribution >= 4 is 35.6 Å². The summed E-state index contributed by atoms with van der Waals surface area (Å²) in [5.74, 6) is 1.31. The van der Waals surface area contributed by atoms with Crippen molar-refractivity contribution in [2.75, 3.05) is 44.9 Å². The van der Waals surface area contributed by atoms with E-state index in [0.717, 1.165) is 30.7 Å². The standard InChI is InChI=1S/C18H25N3O5.HI/c19-17(20-11-14-12-25-18(26-14)4-8-22-9-5-18)21-13-2-3-15-16(10-13)24-7-1-6-23-15;/h2-3,10,14H,1,4-9,11-12H2,(H3,19,20,21);1H. The summed E-state index contributed by atoms with van der Waals surface area (Å²) in [4.78, 5) is 4.39. The highest BCUT2D eigenvalue weighted by atomic mass is 127. The third kappa shape index (κ3) is 5.15. The van der Waals surface area contributed by atoms with Crippen LogP contribution in [0.3, 0.4) is 0 Å². The van der Waals surface area contributed by atoms with E-state index >= 15 is 0 Å². The van der Waals surface area contributed by atoms with Gasteiger partial charge in [-0.2, -0.15) is 0 Å². The lowest BCUT2D eigenvalue weighted by molar-refractivity contribution is -0.210. The van der Waals surface area contributed by atoms with E-state index in [4.69, 9.17) is 29.4 Å². The number of nitrogens with one attached hydrogen (secondary N) is 1. The number of nitrogens with zero attached hydrogens (tertiary/aromatic N) is 1. The summed E-state index contributed by atoms with van der Waals surface area (Å²) >= 11 is 0. The van der Waals surface area contributed by atoms with Crippen LogP contribution in [-0.4, -0.2) is 57.4 Å². The number of hydrogen-bond acceptors (Lipinski definition) is 6. The van der Waals surface area contributed by atoms with Crippen molar-refractivity contribution in [2.45, 2.75) is 31.2 Å². The minimum absolute atomic E-state index is 0. The van der Waals surface area contributed by atoms with E-state index in [1.807, 2.05) is 18.2 Å². The maximum absolute atomic E-state index is 6.05. The van der Waals surface area contributed by atoms with Crippen molar-refractivity contribution in [3.63, 3.8) is 0 Å². The van der Waals surface area contributed by atoms with Crippen LogP contribution in [0.4, 0.5) is 5.69 Å². The highest BCUT2D eigenvalue weighted by molar-refractivity contribution is 14.0. The fraction of sp³-hybridized carbons (Fsp3) is 0.611. The monoisotopic (exact) mass is 491 g/mol. The maximum atomic E-state index is 6.05. The van der Waals surface area contributed by atoms with Gasteiger partial charge in [-0.1, -0.05) is 0 Å². The number of halogens is 1. The van der Waals surface area contributed by atoms with Gasteiger partial charge in [0.25, 0.3) is 0 Å². The largest absolute Gasteiger partial charge is 0.490 e. The second kappa shape index (κ2) is 9.26. The number of hydrogen-bond donors (Lipinski definition) is 2. The lowest BCUT2D eigenvalue weighted by atomic mass is 10.1. The highest BCUT2D eigenvalue weighted by Crippen LogP contribution is 2.34. The van der Waals surface area contributed by atoms with Crippen LogP contribution in [0.1, 0.15) is 19.3 Å². The molecule has 1 aromatic rings. The van der Waals surface area contributed by atoms with Crippen LogP contribution in [-0.2, 0) is 14.2 Å². The van der Waals surface area contributed by atoms with E-state index in [0.29, 0.717) is 51.3 Å². The predicted octanol–water partition coefficient (Wildman–Crippen LogP) is 2.11. The van der Waals surface area contributed by atoms with E-state index in [9.17, 15) is 0 Å². The Hall–Kier alpha value is -1.30. The topological polar surface area (TPSA) is 96.6 Å². The molecule has 4 rings (SSSR count). The number of aliphatic imine (C=N–C) groups is 1. The summed E-state index contributed by atoms with van der Waals surface area (Å²) < 4.78 is 28.6. The molecule has 9 heteroatoms. The molecule has 1 spiro atoms. The van der Waals surface area contributed by atoms with Crippen molar-refractivity contribution in [3.8, 4) is 11.5 Å². The van der Waals surface area contributed by atoms with Crippen LogP contribution >= 0.6 is 24.0 Å². The van der Waals surface area contributed by atoms with E-state index < -0.39 is 5.79 Å². The number of fused-ring (bicyclic) bond motifs is 1. The van der Waals surface area contributed by atoms with Gasteiger partial charge in [-0.3, -0.25) is 4.99 Å². The summed E-state index contributed by atoms with van der Waals surface area (Å²) in [5.41, 5.74) is 6.82. The molecule has 1 atom stereocenters. The third-order valence-electron chi connectivity index (χ3n) is 4.65. The van der Waals surface area contributed by atoms with Crippen LogP contribution in [0.25, 0.3) is 0 Å². The number of anilines is 1. The zero-order valence-corrected chi connectivity index (χ0v) is 17.5. The van der Waals surface area contributed by atoms with Gasteiger partial charge in [0.2, 0.25) is 0 Å². The Morgan fingerprint density at radius 2 is 1.93 bits per heavy atom. The molecule has 2 saturated heterocycles. The van der Waals surface area contributed by atoms with Gasteiger partial charge < -0.3 is 34.7 Å². The van der Waals surface area contributed by atoms with Gasteiger partial charge >= 0.3 is 0 Å². The number of ether oxygens (including phenoxy) is 5. The van der Waals surface area contributed by atoms with Crippen molar-refractivity contribution in [2.24, 2.45) is 10.7 Å². The van der Waals surface area contributed by atoms with Gasteiger partial charge in [0.15, 0.2) is 23.2 Å². The first-order valence-corrected chi connectivity index (χ1v) is 9.09. The van der Waals surface area contributed by atoms with Crippen molar-refractivity contribution < 1.29 is 23.7 Å². The molecule has 1 unspecified atom stereocenters. The lowest BCUT2D eigenvalue weighted by Crippen LogP contribution is -2.38. The normalized spacial score (nSPS) is 24.1. The average Bonchev–Trinajstić information content (AvgIpc) is 2.88. The van der Waals surface area contributed by atoms with Crippen LogP contribution in [0.15, 0.2) is 23.2 Å². The van der Waals surface area contributed by atoms with Gasteiger partial charge in [0, 0.05) is 31.0 Å². The zero-order valence-electron chi connectivity index (χ0n) is 15.1. The Morgan fingerprint density at radius 1 is 1.15 bits per heavy atom. The van der Waals surface area contributed by atoms with Crippen molar-refractivity contribution in [3.05, 3.63) is 18.2 Å². The fourth-order valence-electron chi connectivity index (χ4n) is 3.28. The van der Waals surface area contributed by atoms with Gasteiger partial charge in [0.05, 0.1) is 39.6 Å². The molecule has 0 saturated carbocycles. The minimum Gasteiger partial charge on any atom is -0.490 e. The molecule has 0 bridgehead atoms. The van der Waals surface area contributed by atoms with Crippen LogP contribution in [0.5, 0.6) is 11.5 Å². The highest BCUT2D eigenvalue weighted by Gasteiger charge is 2.42.